The van der Waals surface area contributed by atoms with Crippen LogP contribution in [0.15, 0.2) is 18.6 Å². The van der Waals surface area contributed by atoms with Gasteiger partial charge in [0.25, 0.3) is 0 Å². The number of fused-ring (bicyclic) bond motifs is 1. The van der Waals surface area contributed by atoms with Gasteiger partial charge in [0.1, 0.15) is 5.52 Å². The topological polar surface area (TPSA) is 92.3 Å². The first-order chi connectivity index (χ1) is 9.89. The highest BCUT2D eigenvalue weighted by Crippen LogP contribution is 2.19. The summed E-state index contributed by atoms with van der Waals surface area (Å²) in [5.41, 5.74) is 7.32. The van der Waals surface area contributed by atoms with Crippen molar-refractivity contribution in [3.8, 4) is 5.88 Å². The van der Waals surface area contributed by atoms with Gasteiger partial charge in [-0.15, -0.1) is 0 Å². The van der Waals surface area contributed by atoms with Crippen molar-refractivity contribution in [2.45, 2.75) is 39.3 Å². The Morgan fingerprint density at radius 1 is 1.43 bits per heavy atom. The second-order valence-corrected chi connectivity index (χ2v) is 5.47. The quantitative estimate of drug-likeness (QED) is 0.848. The molecular formula is C14H20N4O3. The summed E-state index contributed by atoms with van der Waals surface area (Å²) in [6, 6.07) is 1.67. The minimum absolute atomic E-state index is 0.190. The van der Waals surface area contributed by atoms with Crippen LogP contribution < -0.4 is 10.5 Å². The Kier molecular flexibility index (Phi) is 4.42. The molecule has 2 aromatic rings. The average Bonchev–Trinajstić information content (AvgIpc) is 2.78. The smallest absolute Gasteiger partial charge is 0.434 e. The molecule has 7 heteroatoms. The van der Waals surface area contributed by atoms with Gasteiger partial charge in [0.05, 0.1) is 24.6 Å². The van der Waals surface area contributed by atoms with Crippen molar-refractivity contribution in [3.05, 3.63) is 18.6 Å². The first-order valence-corrected chi connectivity index (χ1v) is 6.83. The van der Waals surface area contributed by atoms with E-state index in [1.54, 1.807) is 25.5 Å². The first-order valence-electron chi connectivity index (χ1n) is 6.83. The number of imidazole rings is 1. The minimum atomic E-state index is -0.765. The number of aryl methyl sites for hydroxylation is 1. The van der Waals surface area contributed by atoms with Gasteiger partial charge < -0.3 is 19.8 Å². The zero-order valence-electron chi connectivity index (χ0n) is 12.5. The molecule has 0 spiro atoms. The highest BCUT2D eigenvalue weighted by atomic mass is 16.7. The third-order valence-corrected chi connectivity index (χ3v) is 2.93. The summed E-state index contributed by atoms with van der Waals surface area (Å²) in [4.78, 5) is 19.6. The minimum Gasteiger partial charge on any atom is -0.434 e. The maximum atomic E-state index is 11.3. The number of rotatable bonds is 5. The van der Waals surface area contributed by atoms with E-state index in [0.717, 1.165) is 24.0 Å². The van der Waals surface area contributed by atoms with Crippen molar-refractivity contribution in [2.75, 3.05) is 6.61 Å². The summed E-state index contributed by atoms with van der Waals surface area (Å²) in [7, 11) is 0. The maximum Gasteiger partial charge on any atom is 0.515 e. The molecule has 0 aliphatic heterocycles. The van der Waals surface area contributed by atoms with Crippen molar-refractivity contribution < 1.29 is 14.3 Å². The third kappa shape index (κ3) is 4.16. The number of pyridine rings is 1. The van der Waals surface area contributed by atoms with Gasteiger partial charge in [0.2, 0.25) is 5.88 Å². The van der Waals surface area contributed by atoms with E-state index in [9.17, 15) is 4.79 Å². The van der Waals surface area contributed by atoms with Gasteiger partial charge >= 0.3 is 6.16 Å². The van der Waals surface area contributed by atoms with Gasteiger partial charge in [-0.2, -0.15) is 0 Å². The van der Waals surface area contributed by atoms with Crippen LogP contribution >= 0.6 is 0 Å². The monoisotopic (exact) mass is 292 g/mol. The van der Waals surface area contributed by atoms with Crippen molar-refractivity contribution >= 4 is 17.2 Å². The fourth-order valence-electron chi connectivity index (χ4n) is 1.82. The Morgan fingerprint density at radius 3 is 2.86 bits per heavy atom. The van der Waals surface area contributed by atoms with Gasteiger partial charge in [-0.1, -0.05) is 0 Å². The van der Waals surface area contributed by atoms with Crippen LogP contribution in [-0.2, 0) is 11.3 Å². The second-order valence-electron chi connectivity index (χ2n) is 5.47. The molecule has 0 radical (unpaired) electrons. The first kappa shape index (κ1) is 15.2. The molecular weight excluding hydrogens is 272 g/mol. The Labute approximate surface area is 123 Å². The standard InChI is InChI=1S/C14H20N4O3/c1-4-20-13(19)21-12-7-11-10(8-16-12)17-9-18(11)6-5-14(2,3)15/h7-9H,4-6,15H2,1-3H3. The Balaban J connectivity index is 2.18. The molecule has 0 aromatic carbocycles. The lowest BCUT2D eigenvalue weighted by Gasteiger charge is -2.18. The molecule has 0 atom stereocenters. The van der Waals surface area contributed by atoms with E-state index in [-0.39, 0.29) is 18.0 Å². The molecule has 114 valence electrons. The van der Waals surface area contributed by atoms with Crippen LogP contribution in [-0.4, -0.2) is 32.8 Å². The SMILES string of the molecule is CCOC(=O)Oc1cc2c(cn1)ncn2CCC(C)(C)N. The van der Waals surface area contributed by atoms with E-state index in [1.165, 1.54) is 0 Å². The van der Waals surface area contributed by atoms with Crippen molar-refractivity contribution in [2.24, 2.45) is 5.73 Å². The molecule has 2 rings (SSSR count). The van der Waals surface area contributed by atoms with Gasteiger partial charge in [-0.25, -0.2) is 14.8 Å². The van der Waals surface area contributed by atoms with E-state index < -0.39 is 6.16 Å². The summed E-state index contributed by atoms with van der Waals surface area (Å²) in [5, 5.41) is 0. The lowest BCUT2D eigenvalue weighted by Crippen LogP contribution is -2.33. The van der Waals surface area contributed by atoms with Crippen LogP contribution in [0, 0.1) is 0 Å². The fraction of sp³-hybridized carbons (Fsp3) is 0.500. The number of ether oxygens (including phenoxy) is 2. The van der Waals surface area contributed by atoms with E-state index in [1.807, 2.05) is 18.4 Å². The molecule has 2 aromatic heterocycles. The largest absolute Gasteiger partial charge is 0.515 e. The summed E-state index contributed by atoms with van der Waals surface area (Å²) in [6.45, 7) is 6.64. The number of aromatic nitrogens is 3. The molecule has 21 heavy (non-hydrogen) atoms. The zero-order valence-corrected chi connectivity index (χ0v) is 12.5. The molecule has 0 aliphatic rings. The van der Waals surface area contributed by atoms with Crippen molar-refractivity contribution in [3.63, 3.8) is 0 Å². The number of hydrogen-bond acceptors (Lipinski definition) is 6. The predicted molar refractivity (Wildman–Crippen MR) is 78.1 cm³/mol. The van der Waals surface area contributed by atoms with Crippen molar-refractivity contribution in [1.82, 2.24) is 14.5 Å². The Morgan fingerprint density at radius 2 is 2.19 bits per heavy atom. The highest BCUT2D eigenvalue weighted by molar-refractivity contribution is 5.76. The van der Waals surface area contributed by atoms with Crippen LogP contribution in [0.25, 0.3) is 11.0 Å². The lowest BCUT2D eigenvalue weighted by molar-refractivity contribution is 0.103. The number of nitrogens with zero attached hydrogens (tertiary/aromatic N) is 3. The maximum absolute atomic E-state index is 11.3. The van der Waals surface area contributed by atoms with E-state index in [0.29, 0.717) is 0 Å². The molecule has 7 nitrogen and oxygen atoms in total. The molecule has 2 heterocycles. The second kappa shape index (κ2) is 6.09. The normalized spacial score (nSPS) is 11.6. The predicted octanol–water partition coefficient (Wildman–Crippen LogP) is 2.09. The molecule has 0 unspecified atom stereocenters. The fourth-order valence-corrected chi connectivity index (χ4v) is 1.82. The molecule has 0 bridgehead atoms. The molecule has 0 fully saturated rings. The number of carbonyl (C=O) groups excluding carboxylic acids is 1. The van der Waals surface area contributed by atoms with Gasteiger partial charge in [-0.05, 0) is 27.2 Å². The summed E-state index contributed by atoms with van der Waals surface area (Å²) < 4.78 is 11.7. The summed E-state index contributed by atoms with van der Waals surface area (Å²) in [6.07, 6.45) is 3.33. The van der Waals surface area contributed by atoms with Crippen molar-refractivity contribution in [1.29, 1.82) is 0 Å². The molecule has 2 N–H and O–H groups in total. The molecule has 0 saturated heterocycles. The Bertz CT molecular complexity index is 631. The molecule has 0 amide bonds. The highest BCUT2D eigenvalue weighted by Gasteiger charge is 2.13. The number of hydrogen-bond donors (Lipinski definition) is 1. The van der Waals surface area contributed by atoms with E-state index in [2.05, 4.69) is 9.97 Å². The summed E-state index contributed by atoms with van der Waals surface area (Å²) in [5.74, 6) is 0.190. The van der Waals surface area contributed by atoms with Crippen LogP contribution in [0.5, 0.6) is 5.88 Å². The van der Waals surface area contributed by atoms with E-state index in [4.69, 9.17) is 15.2 Å². The van der Waals surface area contributed by atoms with Crippen LogP contribution in [0.4, 0.5) is 4.79 Å². The van der Waals surface area contributed by atoms with Crippen LogP contribution in [0.1, 0.15) is 27.2 Å². The Hall–Kier alpha value is -2.15. The average molecular weight is 292 g/mol. The zero-order chi connectivity index (χ0) is 15.5. The number of carbonyl (C=O) groups is 1. The van der Waals surface area contributed by atoms with Gasteiger partial charge in [0.15, 0.2) is 0 Å². The van der Waals surface area contributed by atoms with Crippen LogP contribution in [0.3, 0.4) is 0 Å². The summed E-state index contributed by atoms with van der Waals surface area (Å²) >= 11 is 0. The molecule has 0 saturated carbocycles. The van der Waals surface area contributed by atoms with E-state index >= 15 is 0 Å². The molecule has 0 aliphatic carbocycles. The van der Waals surface area contributed by atoms with Gasteiger partial charge in [0, 0.05) is 18.2 Å². The number of nitrogens with two attached hydrogens (primary N) is 1. The lowest BCUT2D eigenvalue weighted by atomic mass is 10.0. The van der Waals surface area contributed by atoms with Crippen LogP contribution in [0.2, 0.25) is 0 Å². The van der Waals surface area contributed by atoms with Gasteiger partial charge in [-0.3, -0.25) is 0 Å². The third-order valence-electron chi connectivity index (χ3n) is 2.93.